The zero-order chi connectivity index (χ0) is 14.7. The third-order valence-corrected chi connectivity index (χ3v) is 5.20. The molecule has 0 saturated carbocycles. The lowest BCUT2D eigenvalue weighted by molar-refractivity contribution is 0.158. The molecule has 1 aliphatic heterocycles. The Balaban J connectivity index is 1.44. The number of likely N-dealkylation sites (tertiary alicyclic amines) is 1. The van der Waals surface area contributed by atoms with Crippen LogP contribution in [0.25, 0.3) is 0 Å². The Kier molecular flexibility index (Phi) is 4.81. The molecule has 3 rings (SSSR count). The second-order valence-electron chi connectivity index (χ2n) is 6.62. The summed E-state index contributed by atoms with van der Waals surface area (Å²) in [6, 6.07) is 7.13. The summed E-state index contributed by atoms with van der Waals surface area (Å²) in [6.07, 6.45) is 7.47. The Bertz CT molecular complexity index is 474. The Morgan fingerprint density at radius 2 is 2.19 bits per heavy atom. The lowest BCUT2D eigenvalue weighted by Crippen LogP contribution is -2.39. The highest BCUT2D eigenvalue weighted by atomic mass is 16.3. The van der Waals surface area contributed by atoms with Gasteiger partial charge in [0, 0.05) is 12.1 Å². The second-order valence-corrected chi connectivity index (χ2v) is 6.62. The number of fused-ring (bicyclic) bond motifs is 1. The molecule has 3 nitrogen and oxygen atoms in total. The molecule has 0 spiro atoms. The van der Waals surface area contributed by atoms with Gasteiger partial charge in [-0.3, -0.25) is 0 Å². The summed E-state index contributed by atoms with van der Waals surface area (Å²) >= 11 is 0. The number of phenolic OH excluding ortho intramolecular Hbond substituents is 1. The molecule has 2 unspecified atom stereocenters. The van der Waals surface area contributed by atoms with Gasteiger partial charge in [0.1, 0.15) is 5.75 Å². The van der Waals surface area contributed by atoms with Gasteiger partial charge in [0.05, 0.1) is 0 Å². The van der Waals surface area contributed by atoms with Crippen LogP contribution in [0.2, 0.25) is 0 Å². The lowest BCUT2D eigenvalue weighted by atomic mass is 10.0. The minimum absolute atomic E-state index is 0.436. The van der Waals surface area contributed by atoms with Crippen molar-refractivity contribution in [2.75, 3.05) is 19.6 Å². The predicted molar refractivity (Wildman–Crippen MR) is 86.7 cm³/mol. The van der Waals surface area contributed by atoms with Crippen molar-refractivity contribution < 1.29 is 5.11 Å². The number of nitrogens with one attached hydrogen (secondary N) is 1. The summed E-state index contributed by atoms with van der Waals surface area (Å²) in [5, 5.41) is 13.6. The molecule has 0 aromatic heterocycles. The average molecular weight is 288 g/mol. The van der Waals surface area contributed by atoms with Crippen molar-refractivity contribution in [3.05, 3.63) is 29.3 Å². The fourth-order valence-corrected chi connectivity index (χ4v) is 3.90. The molecule has 21 heavy (non-hydrogen) atoms. The van der Waals surface area contributed by atoms with Crippen LogP contribution in [-0.2, 0) is 6.42 Å². The van der Waals surface area contributed by atoms with E-state index in [0.717, 1.165) is 31.0 Å². The van der Waals surface area contributed by atoms with Crippen LogP contribution in [0.5, 0.6) is 5.75 Å². The number of phenols is 1. The van der Waals surface area contributed by atoms with Gasteiger partial charge in [-0.05, 0) is 75.9 Å². The van der Waals surface area contributed by atoms with E-state index in [1.54, 1.807) is 6.07 Å². The molecule has 1 aromatic carbocycles. The number of piperidine rings is 1. The topological polar surface area (TPSA) is 35.5 Å². The van der Waals surface area contributed by atoms with E-state index in [4.69, 9.17) is 0 Å². The van der Waals surface area contributed by atoms with E-state index < -0.39 is 0 Å². The summed E-state index contributed by atoms with van der Waals surface area (Å²) in [5.41, 5.74) is 2.46. The standard InChI is InChI=1S/C18H28N2O/c1-14-6-2-3-12-20(14)13-5-11-19-17-10-9-16-15(17)7-4-8-18(16)21/h4,7-8,14,17,19,21H,2-3,5-6,9-13H2,1H3. The Morgan fingerprint density at radius 1 is 1.29 bits per heavy atom. The summed E-state index contributed by atoms with van der Waals surface area (Å²) in [7, 11) is 0. The molecule has 2 atom stereocenters. The SMILES string of the molecule is CC1CCCCN1CCCNC1CCc2c(O)cccc21. The van der Waals surface area contributed by atoms with Gasteiger partial charge in [-0.2, -0.15) is 0 Å². The van der Waals surface area contributed by atoms with Crippen molar-refractivity contribution >= 4 is 0 Å². The van der Waals surface area contributed by atoms with Crippen molar-refractivity contribution in [2.45, 2.75) is 57.5 Å². The molecule has 0 amide bonds. The number of hydrogen-bond donors (Lipinski definition) is 2. The molecule has 2 aliphatic rings. The average Bonchev–Trinajstić information content (AvgIpc) is 2.90. The molecule has 0 radical (unpaired) electrons. The van der Waals surface area contributed by atoms with Crippen LogP contribution < -0.4 is 5.32 Å². The number of nitrogens with zero attached hydrogens (tertiary/aromatic N) is 1. The van der Waals surface area contributed by atoms with Gasteiger partial charge in [0.15, 0.2) is 0 Å². The summed E-state index contributed by atoms with van der Waals surface area (Å²) in [5.74, 6) is 0.471. The Morgan fingerprint density at radius 3 is 3.05 bits per heavy atom. The molecule has 3 heteroatoms. The van der Waals surface area contributed by atoms with Gasteiger partial charge in [0.25, 0.3) is 0 Å². The highest BCUT2D eigenvalue weighted by Crippen LogP contribution is 2.36. The molecular weight excluding hydrogens is 260 g/mol. The van der Waals surface area contributed by atoms with Crippen molar-refractivity contribution in [1.82, 2.24) is 10.2 Å². The first kappa shape index (κ1) is 14.9. The Hall–Kier alpha value is -1.06. The van der Waals surface area contributed by atoms with Crippen LogP contribution >= 0.6 is 0 Å². The highest BCUT2D eigenvalue weighted by Gasteiger charge is 2.24. The van der Waals surface area contributed by atoms with Gasteiger partial charge < -0.3 is 15.3 Å². The van der Waals surface area contributed by atoms with Gasteiger partial charge in [-0.25, -0.2) is 0 Å². The van der Waals surface area contributed by atoms with Crippen LogP contribution in [0, 0.1) is 0 Å². The van der Waals surface area contributed by atoms with Crippen molar-refractivity contribution in [1.29, 1.82) is 0 Å². The number of aromatic hydroxyl groups is 1. The fourth-order valence-electron chi connectivity index (χ4n) is 3.90. The maximum Gasteiger partial charge on any atom is 0.119 e. The van der Waals surface area contributed by atoms with E-state index in [1.165, 1.54) is 44.3 Å². The number of benzene rings is 1. The van der Waals surface area contributed by atoms with Crippen molar-refractivity contribution in [3.8, 4) is 5.75 Å². The summed E-state index contributed by atoms with van der Waals surface area (Å²) < 4.78 is 0. The van der Waals surface area contributed by atoms with E-state index in [0.29, 0.717) is 11.8 Å². The molecule has 1 aliphatic carbocycles. The first-order valence-electron chi connectivity index (χ1n) is 8.54. The third kappa shape index (κ3) is 3.41. The molecule has 1 aromatic rings. The maximum atomic E-state index is 9.89. The van der Waals surface area contributed by atoms with Crippen LogP contribution in [-0.4, -0.2) is 35.7 Å². The molecule has 1 saturated heterocycles. The van der Waals surface area contributed by atoms with E-state index in [9.17, 15) is 5.11 Å². The van der Waals surface area contributed by atoms with Gasteiger partial charge in [-0.1, -0.05) is 18.6 Å². The highest BCUT2D eigenvalue weighted by molar-refractivity contribution is 5.44. The summed E-state index contributed by atoms with van der Waals surface area (Å²) in [6.45, 7) is 5.93. The zero-order valence-corrected chi connectivity index (χ0v) is 13.1. The van der Waals surface area contributed by atoms with Gasteiger partial charge >= 0.3 is 0 Å². The monoisotopic (exact) mass is 288 g/mol. The maximum absolute atomic E-state index is 9.89. The van der Waals surface area contributed by atoms with Gasteiger partial charge in [-0.15, -0.1) is 0 Å². The zero-order valence-electron chi connectivity index (χ0n) is 13.1. The fraction of sp³-hybridized carbons (Fsp3) is 0.667. The van der Waals surface area contributed by atoms with E-state index in [-0.39, 0.29) is 0 Å². The van der Waals surface area contributed by atoms with E-state index >= 15 is 0 Å². The minimum Gasteiger partial charge on any atom is -0.508 e. The van der Waals surface area contributed by atoms with Gasteiger partial charge in [0.2, 0.25) is 0 Å². The van der Waals surface area contributed by atoms with Crippen molar-refractivity contribution in [3.63, 3.8) is 0 Å². The molecular formula is C18H28N2O. The smallest absolute Gasteiger partial charge is 0.119 e. The van der Waals surface area contributed by atoms with Crippen LogP contribution in [0.1, 0.15) is 56.2 Å². The quantitative estimate of drug-likeness (QED) is 0.817. The van der Waals surface area contributed by atoms with E-state index in [1.807, 2.05) is 6.07 Å². The van der Waals surface area contributed by atoms with Crippen LogP contribution in [0.3, 0.4) is 0 Å². The number of hydrogen-bond acceptors (Lipinski definition) is 3. The third-order valence-electron chi connectivity index (χ3n) is 5.20. The summed E-state index contributed by atoms with van der Waals surface area (Å²) in [4.78, 5) is 2.64. The molecule has 2 N–H and O–H groups in total. The Labute approximate surface area is 128 Å². The van der Waals surface area contributed by atoms with Crippen LogP contribution in [0.15, 0.2) is 18.2 Å². The largest absolute Gasteiger partial charge is 0.508 e. The van der Waals surface area contributed by atoms with Crippen molar-refractivity contribution in [2.24, 2.45) is 0 Å². The first-order valence-corrected chi connectivity index (χ1v) is 8.54. The molecule has 116 valence electrons. The minimum atomic E-state index is 0.436. The number of rotatable bonds is 5. The molecule has 0 bridgehead atoms. The molecule has 1 heterocycles. The lowest BCUT2D eigenvalue weighted by Gasteiger charge is -2.33. The van der Waals surface area contributed by atoms with E-state index in [2.05, 4.69) is 23.2 Å². The predicted octanol–water partition coefficient (Wildman–Crippen LogP) is 3.23. The molecule has 1 fully saturated rings. The second kappa shape index (κ2) is 6.80. The first-order chi connectivity index (χ1) is 10.3. The normalized spacial score (nSPS) is 26.0. The van der Waals surface area contributed by atoms with Crippen LogP contribution in [0.4, 0.5) is 0 Å².